The molecule has 0 unspecified atom stereocenters. The van der Waals surface area contributed by atoms with Gasteiger partial charge in [-0.05, 0) is 23.8 Å². The number of nitriles is 1. The molecule has 0 spiro atoms. The quantitative estimate of drug-likeness (QED) is 0.871. The van der Waals surface area contributed by atoms with E-state index in [-0.39, 0.29) is 18.3 Å². The number of amides is 2. The molecule has 7 heteroatoms. The lowest BCUT2D eigenvalue weighted by Crippen LogP contribution is -2.36. The van der Waals surface area contributed by atoms with Gasteiger partial charge < -0.3 is 15.0 Å². The molecule has 0 aliphatic carbocycles. The molecule has 2 rings (SSSR count). The van der Waals surface area contributed by atoms with Crippen LogP contribution in [0.25, 0.3) is 0 Å². The van der Waals surface area contributed by atoms with Crippen LogP contribution in [0.3, 0.4) is 0 Å². The van der Waals surface area contributed by atoms with E-state index in [1.807, 2.05) is 12.1 Å². The fourth-order valence-electron chi connectivity index (χ4n) is 2.25. The summed E-state index contributed by atoms with van der Waals surface area (Å²) in [6.45, 7) is -2.55. The van der Waals surface area contributed by atoms with Crippen molar-refractivity contribution in [1.29, 1.82) is 5.26 Å². The maximum Gasteiger partial charge on any atom is 0.387 e. The van der Waals surface area contributed by atoms with Gasteiger partial charge in [0.15, 0.2) is 0 Å². The van der Waals surface area contributed by atoms with Crippen molar-refractivity contribution in [1.82, 2.24) is 10.2 Å². The van der Waals surface area contributed by atoms with Gasteiger partial charge >= 0.3 is 12.6 Å². The highest BCUT2D eigenvalue weighted by molar-refractivity contribution is 5.74. The van der Waals surface area contributed by atoms with Crippen molar-refractivity contribution < 1.29 is 18.3 Å². The molecule has 5 nitrogen and oxygen atoms in total. The molecule has 1 N–H and O–H groups in total. The van der Waals surface area contributed by atoms with Crippen LogP contribution in [0.5, 0.6) is 5.75 Å². The summed E-state index contributed by atoms with van der Waals surface area (Å²) in [4.78, 5) is 13.6. The van der Waals surface area contributed by atoms with E-state index >= 15 is 0 Å². The van der Waals surface area contributed by atoms with Crippen molar-refractivity contribution in [2.24, 2.45) is 0 Å². The van der Waals surface area contributed by atoms with Crippen molar-refractivity contribution in [3.05, 3.63) is 65.2 Å². The Morgan fingerprint density at radius 3 is 2.76 bits per heavy atom. The standard InChI is InChI=1S/C18H17F2N3O2/c1-23(12-14-6-4-5-13(9-14)10-21)18(24)22-11-15-7-2-3-8-16(15)25-17(19)20/h2-9,17H,11-12H2,1H3,(H,22,24). The largest absolute Gasteiger partial charge is 0.434 e. The van der Waals surface area contributed by atoms with Crippen molar-refractivity contribution in [2.75, 3.05) is 7.05 Å². The highest BCUT2D eigenvalue weighted by Crippen LogP contribution is 2.20. The molecule has 0 saturated heterocycles. The van der Waals surface area contributed by atoms with Gasteiger partial charge in [-0.25, -0.2) is 4.79 Å². The number of halogens is 2. The van der Waals surface area contributed by atoms with Crippen LogP contribution < -0.4 is 10.1 Å². The molecule has 0 radical (unpaired) electrons. The Morgan fingerprint density at radius 2 is 2.04 bits per heavy atom. The molecule has 25 heavy (non-hydrogen) atoms. The molecule has 0 aliphatic rings. The summed E-state index contributed by atoms with van der Waals surface area (Å²) in [7, 11) is 1.61. The van der Waals surface area contributed by atoms with Crippen LogP contribution >= 0.6 is 0 Å². The third-order valence-electron chi connectivity index (χ3n) is 3.44. The average molecular weight is 345 g/mol. The Morgan fingerprint density at radius 1 is 1.28 bits per heavy atom. The second kappa shape index (κ2) is 8.64. The van der Waals surface area contributed by atoms with Crippen LogP contribution in [0.1, 0.15) is 16.7 Å². The predicted molar refractivity (Wildman–Crippen MR) is 87.9 cm³/mol. The molecule has 2 amide bonds. The van der Waals surface area contributed by atoms with Gasteiger partial charge in [-0.2, -0.15) is 14.0 Å². The highest BCUT2D eigenvalue weighted by atomic mass is 19.3. The number of carbonyl (C=O) groups excluding carboxylic acids is 1. The number of ether oxygens (including phenoxy) is 1. The molecule has 0 saturated carbocycles. The summed E-state index contributed by atoms with van der Waals surface area (Å²) < 4.78 is 29.2. The van der Waals surface area contributed by atoms with Crippen LogP contribution in [-0.4, -0.2) is 24.6 Å². The number of nitrogens with zero attached hydrogens (tertiary/aromatic N) is 2. The maximum atomic E-state index is 12.4. The zero-order chi connectivity index (χ0) is 18.2. The average Bonchev–Trinajstić information content (AvgIpc) is 2.60. The number of carbonyl (C=O) groups is 1. The molecule has 0 fully saturated rings. The van der Waals surface area contributed by atoms with E-state index in [0.29, 0.717) is 17.7 Å². The van der Waals surface area contributed by atoms with E-state index in [1.165, 1.54) is 11.0 Å². The smallest absolute Gasteiger partial charge is 0.387 e. The number of hydrogen-bond acceptors (Lipinski definition) is 3. The summed E-state index contributed by atoms with van der Waals surface area (Å²) in [6, 6.07) is 14.9. The van der Waals surface area contributed by atoms with Crippen LogP contribution in [0.15, 0.2) is 48.5 Å². The molecule has 0 aromatic heterocycles. The van der Waals surface area contributed by atoms with Gasteiger partial charge in [-0.1, -0.05) is 30.3 Å². The zero-order valence-corrected chi connectivity index (χ0v) is 13.6. The summed E-state index contributed by atoms with van der Waals surface area (Å²) in [5, 5.41) is 11.6. The fraction of sp³-hybridized carbons (Fsp3) is 0.222. The summed E-state index contributed by atoms with van der Waals surface area (Å²) in [5.74, 6) is 0.0298. The number of para-hydroxylation sites is 1. The molecular formula is C18H17F2N3O2. The van der Waals surface area contributed by atoms with Gasteiger partial charge in [-0.3, -0.25) is 0 Å². The first-order valence-corrected chi connectivity index (χ1v) is 7.50. The van der Waals surface area contributed by atoms with Crippen LogP contribution in [-0.2, 0) is 13.1 Å². The molecule has 2 aromatic carbocycles. The van der Waals surface area contributed by atoms with Gasteiger partial charge in [0.05, 0.1) is 11.6 Å². The Hall–Kier alpha value is -3.14. The van der Waals surface area contributed by atoms with Crippen molar-refractivity contribution in [3.8, 4) is 11.8 Å². The van der Waals surface area contributed by atoms with E-state index in [1.54, 1.807) is 43.4 Å². The first-order valence-electron chi connectivity index (χ1n) is 7.50. The zero-order valence-electron chi connectivity index (χ0n) is 13.6. The highest BCUT2D eigenvalue weighted by Gasteiger charge is 2.12. The van der Waals surface area contributed by atoms with Crippen LogP contribution in [0, 0.1) is 11.3 Å². The minimum Gasteiger partial charge on any atom is -0.434 e. The summed E-state index contributed by atoms with van der Waals surface area (Å²) >= 11 is 0. The number of alkyl halides is 2. The first-order chi connectivity index (χ1) is 12.0. The third kappa shape index (κ3) is 5.46. The number of urea groups is 1. The number of nitrogens with one attached hydrogen (secondary N) is 1. The Balaban J connectivity index is 1.95. The van der Waals surface area contributed by atoms with Crippen LogP contribution in [0.2, 0.25) is 0 Å². The predicted octanol–water partition coefficient (Wildman–Crippen LogP) is 3.50. The molecule has 2 aromatic rings. The van der Waals surface area contributed by atoms with E-state index < -0.39 is 6.61 Å². The molecule has 0 atom stereocenters. The van der Waals surface area contributed by atoms with Gasteiger partial charge in [0.2, 0.25) is 0 Å². The summed E-state index contributed by atoms with van der Waals surface area (Å²) in [5.41, 5.74) is 1.79. The van der Waals surface area contributed by atoms with Gasteiger partial charge in [0, 0.05) is 25.7 Å². The van der Waals surface area contributed by atoms with Crippen molar-refractivity contribution in [3.63, 3.8) is 0 Å². The van der Waals surface area contributed by atoms with E-state index in [9.17, 15) is 13.6 Å². The monoisotopic (exact) mass is 345 g/mol. The topological polar surface area (TPSA) is 65.4 Å². The third-order valence-corrected chi connectivity index (χ3v) is 3.44. The lowest BCUT2D eigenvalue weighted by molar-refractivity contribution is -0.0504. The Bertz CT molecular complexity index is 775. The van der Waals surface area contributed by atoms with Crippen molar-refractivity contribution >= 4 is 6.03 Å². The van der Waals surface area contributed by atoms with Gasteiger partial charge in [0.25, 0.3) is 0 Å². The van der Waals surface area contributed by atoms with E-state index in [2.05, 4.69) is 10.1 Å². The number of benzene rings is 2. The van der Waals surface area contributed by atoms with E-state index in [0.717, 1.165) is 5.56 Å². The van der Waals surface area contributed by atoms with Crippen LogP contribution in [0.4, 0.5) is 13.6 Å². The van der Waals surface area contributed by atoms with Gasteiger partial charge in [-0.15, -0.1) is 0 Å². The minimum absolute atomic E-state index is 0.0298. The molecule has 0 aliphatic heterocycles. The SMILES string of the molecule is CN(Cc1cccc(C#N)c1)C(=O)NCc1ccccc1OC(F)F. The molecular weight excluding hydrogens is 328 g/mol. The van der Waals surface area contributed by atoms with E-state index in [4.69, 9.17) is 5.26 Å². The molecule has 0 bridgehead atoms. The number of hydrogen-bond donors (Lipinski definition) is 1. The Kier molecular flexibility index (Phi) is 6.29. The minimum atomic E-state index is -2.92. The Labute approximate surface area is 144 Å². The second-order valence-corrected chi connectivity index (χ2v) is 5.31. The normalized spacial score (nSPS) is 10.2. The van der Waals surface area contributed by atoms with Crippen molar-refractivity contribution in [2.45, 2.75) is 19.7 Å². The molecule has 0 heterocycles. The number of rotatable bonds is 6. The summed E-state index contributed by atoms with van der Waals surface area (Å²) in [6.07, 6.45) is 0. The first kappa shape index (κ1) is 18.2. The molecule has 130 valence electrons. The lowest BCUT2D eigenvalue weighted by Gasteiger charge is -2.19. The van der Waals surface area contributed by atoms with Gasteiger partial charge in [0.1, 0.15) is 5.75 Å². The lowest BCUT2D eigenvalue weighted by atomic mass is 10.1. The maximum absolute atomic E-state index is 12.4. The second-order valence-electron chi connectivity index (χ2n) is 5.31. The fourth-order valence-corrected chi connectivity index (χ4v) is 2.25.